The summed E-state index contributed by atoms with van der Waals surface area (Å²) < 4.78 is 11.8. The normalized spacial score (nSPS) is 53.4. The number of fused-ring (bicyclic) bond motifs is 2. The van der Waals surface area contributed by atoms with Crippen LogP contribution in [-0.2, 0) is 14.3 Å². The number of carbonyl (C=O) groups is 1. The van der Waals surface area contributed by atoms with Crippen LogP contribution in [0, 0.1) is 50.7 Å². The third-order valence-corrected chi connectivity index (χ3v) is 14.2. The largest absolute Gasteiger partial charge is 0.462 e. The Hall–Kier alpha value is -0.570. The van der Waals surface area contributed by atoms with E-state index in [1.807, 2.05) is 0 Å². The van der Waals surface area contributed by atoms with Crippen molar-refractivity contribution in [3.8, 4) is 0 Å². The zero-order valence-electron chi connectivity index (χ0n) is 24.0. The average Bonchev–Trinajstić information content (AvgIpc) is 3.58. The molecular weight excluding hydrogens is 432 g/mol. The van der Waals surface area contributed by atoms with Crippen molar-refractivity contribution in [2.45, 2.75) is 144 Å². The quantitative estimate of drug-likeness (QED) is 0.293. The summed E-state index contributed by atoms with van der Waals surface area (Å²) >= 11 is 0. The molecule has 1 saturated heterocycles. The maximum Gasteiger partial charge on any atom is 0.302 e. The Bertz CT molecular complexity index is 906. The van der Waals surface area contributed by atoms with Gasteiger partial charge in [-0.05, 0) is 130 Å². The fourth-order valence-electron chi connectivity index (χ4n) is 12.1. The minimum Gasteiger partial charge on any atom is -0.462 e. The van der Waals surface area contributed by atoms with Crippen molar-refractivity contribution >= 4 is 5.97 Å². The Kier molecular flexibility index (Phi) is 5.16. The standard InChI is InChI=1S/C32H52O3/c1-20(9-12-26-28(5,6)35-26)22-13-15-30(8)24-11-10-23-27(3,4)25(34-21(2)33)14-16-31(23)19-32(24,31)18-17-29(22,30)7/h20,22-26H,9-19H2,1-8H3/t20-,22-,23+,24?,25?,26?,29?,30+,31-,32+/m1/s1. The van der Waals surface area contributed by atoms with E-state index in [1.165, 1.54) is 64.2 Å². The summed E-state index contributed by atoms with van der Waals surface area (Å²) in [5.41, 5.74) is 2.32. The highest BCUT2D eigenvalue weighted by Crippen LogP contribution is 2.89. The average molecular weight is 485 g/mol. The third-order valence-electron chi connectivity index (χ3n) is 14.2. The van der Waals surface area contributed by atoms with Gasteiger partial charge in [0.25, 0.3) is 0 Å². The van der Waals surface area contributed by atoms with Crippen LogP contribution in [0.2, 0.25) is 0 Å². The lowest BCUT2D eigenvalue weighted by Gasteiger charge is -2.63. The smallest absolute Gasteiger partial charge is 0.302 e. The van der Waals surface area contributed by atoms with Crippen molar-refractivity contribution in [3.05, 3.63) is 0 Å². The maximum absolute atomic E-state index is 11.9. The van der Waals surface area contributed by atoms with E-state index in [-0.39, 0.29) is 23.1 Å². The summed E-state index contributed by atoms with van der Waals surface area (Å²) in [5, 5.41) is 0. The summed E-state index contributed by atoms with van der Waals surface area (Å²) in [7, 11) is 0. The summed E-state index contributed by atoms with van der Waals surface area (Å²) in [4.78, 5) is 11.9. The number of epoxide rings is 1. The van der Waals surface area contributed by atoms with Crippen LogP contribution in [0.25, 0.3) is 0 Å². The zero-order chi connectivity index (χ0) is 25.2. The van der Waals surface area contributed by atoms with Gasteiger partial charge in [-0.15, -0.1) is 0 Å². The predicted molar refractivity (Wildman–Crippen MR) is 140 cm³/mol. The molecule has 198 valence electrons. The van der Waals surface area contributed by atoms with Crippen molar-refractivity contribution in [1.29, 1.82) is 0 Å². The van der Waals surface area contributed by atoms with Gasteiger partial charge in [0.15, 0.2) is 0 Å². The molecule has 35 heavy (non-hydrogen) atoms. The fraction of sp³-hybridized carbons (Fsp3) is 0.969. The monoisotopic (exact) mass is 484 g/mol. The molecule has 1 aliphatic heterocycles. The van der Waals surface area contributed by atoms with Crippen molar-refractivity contribution < 1.29 is 14.3 Å². The molecule has 1 heterocycles. The molecule has 0 radical (unpaired) electrons. The molecule has 2 spiro atoms. The molecule has 10 atom stereocenters. The molecular formula is C32H52O3. The molecule has 0 aromatic carbocycles. The van der Waals surface area contributed by atoms with E-state index >= 15 is 0 Å². The summed E-state index contributed by atoms with van der Waals surface area (Å²) in [5.74, 6) is 3.19. The van der Waals surface area contributed by atoms with Gasteiger partial charge >= 0.3 is 5.97 Å². The van der Waals surface area contributed by atoms with E-state index in [1.54, 1.807) is 6.92 Å². The van der Waals surface area contributed by atoms with Gasteiger partial charge < -0.3 is 9.47 Å². The molecule has 0 amide bonds. The van der Waals surface area contributed by atoms with Crippen molar-refractivity contribution in [1.82, 2.24) is 0 Å². The molecule has 6 fully saturated rings. The first-order chi connectivity index (χ1) is 16.2. The van der Waals surface area contributed by atoms with Crippen molar-refractivity contribution in [2.75, 3.05) is 0 Å². The SMILES string of the molecule is CC(=O)OC1CC[C@]23C[C@]24CCC2(C)[C@@H]([C@H](C)CCC5OC5(C)C)CC[C@@]2(C)C4CC[C@H]3C1(C)C. The first kappa shape index (κ1) is 24.7. The molecule has 0 aromatic heterocycles. The number of hydrogen-bond donors (Lipinski definition) is 0. The van der Waals surface area contributed by atoms with Crippen LogP contribution < -0.4 is 0 Å². The van der Waals surface area contributed by atoms with Crippen LogP contribution in [-0.4, -0.2) is 23.8 Å². The molecule has 4 unspecified atom stereocenters. The van der Waals surface area contributed by atoms with Crippen LogP contribution >= 0.6 is 0 Å². The molecule has 6 rings (SSSR count). The third kappa shape index (κ3) is 3.09. The molecule has 6 aliphatic rings. The molecule has 0 bridgehead atoms. The number of carbonyl (C=O) groups excluding carboxylic acids is 1. The molecule has 5 aliphatic carbocycles. The van der Waals surface area contributed by atoms with E-state index in [4.69, 9.17) is 9.47 Å². The Balaban J connectivity index is 1.22. The highest BCUT2D eigenvalue weighted by atomic mass is 16.6. The van der Waals surface area contributed by atoms with Gasteiger partial charge in [-0.25, -0.2) is 0 Å². The fourth-order valence-corrected chi connectivity index (χ4v) is 12.1. The van der Waals surface area contributed by atoms with Gasteiger partial charge in [-0.1, -0.05) is 34.6 Å². The second-order valence-corrected chi connectivity index (χ2v) is 15.9. The highest BCUT2D eigenvalue weighted by Gasteiger charge is 2.82. The Morgan fingerprint density at radius 1 is 0.886 bits per heavy atom. The van der Waals surface area contributed by atoms with E-state index in [0.29, 0.717) is 27.8 Å². The lowest BCUT2D eigenvalue weighted by molar-refractivity contribution is -0.181. The number of rotatable bonds is 5. The Morgan fingerprint density at radius 2 is 1.54 bits per heavy atom. The summed E-state index contributed by atoms with van der Waals surface area (Å²) in [6.45, 7) is 19.0. The Labute approximate surface area is 214 Å². The number of esters is 1. The minimum atomic E-state index is -0.0953. The maximum atomic E-state index is 11.9. The lowest BCUT2D eigenvalue weighted by Crippen LogP contribution is -2.58. The van der Waals surface area contributed by atoms with E-state index in [9.17, 15) is 4.79 Å². The Morgan fingerprint density at radius 3 is 2.20 bits per heavy atom. The van der Waals surface area contributed by atoms with Crippen molar-refractivity contribution in [3.63, 3.8) is 0 Å². The van der Waals surface area contributed by atoms with Gasteiger partial charge in [0.2, 0.25) is 0 Å². The molecule has 0 aromatic rings. The van der Waals surface area contributed by atoms with Gasteiger partial charge in [0.1, 0.15) is 6.10 Å². The summed E-state index contributed by atoms with van der Waals surface area (Å²) in [6.07, 6.45) is 15.5. The second kappa shape index (κ2) is 7.29. The highest BCUT2D eigenvalue weighted by molar-refractivity contribution is 5.66. The molecule has 3 heteroatoms. The van der Waals surface area contributed by atoms with E-state index in [2.05, 4.69) is 48.5 Å². The van der Waals surface area contributed by atoms with Gasteiger partial charge in [0, 0.05) is 12.3 Å². The van der Waals surface area contributed by atoms with E-state index < -0.39 is 0 Å². The number of ether oxygens (including phenoxy) is 2. The summed E-state index contributed by atoms with van der Waals surface area (Å²) in [6, 6.07) is 0. The molecule has 5 saturated carbocycles. The topological polar surface area (TPSA) is 38.8 Å². The van der Waals surface area contributed by atoms with Gasteiger partial charge in [-0.2, -0.15) is 0 Å². The lowest BCUT2D eigenvalue weighted by atomic mass is 9.41. The number of hydrogen-bond acceptors (Lipinski definition) is 3. The predicted octanol–water partition coefficient (Wildman–Crippen LogP) is 7.95. The van der Waals surface area contributed by atoms with Crippen LogP contribution in [0.4, 0.5) is 0 Å². The molecule has 0 N–H and O–H groups in total. The van der Waals surface area contributed by atoms with Gasteiger partial charge in [-0.3, -0.25) is 4.79 Å². The molecule has 3 nitrogen and oxygen atoms in total. The minimum absolute atomic E-state index is 0.0953. The van der Waals surface area contributed by atoms with Crippen LogP contribution in [0.3, 0.4) is 0 Å². The van der Waals surface area contributed by atoms with E-state index in [0.717, 1.165) is 30.1 Å². The van der Waals surface area contributed by atoms with Crippen LogP contribution in [0.1, 0.15) is 126 Å². The van der Waals surface area contributed by atoms with Crippen LogP contribution in [0.15, 0.2) is 0 Å². The second-order valence-electron chi connectivity index (χ2n) is 15.9. The first-order valence-electron chi connectivity index (χ1n) is 15.1. The zero-order valence-corrected chi connectivity index (χ0v) is 24.0. The van der Waals surface area contributed by atoms with Crippen LogP contribution in [0.5, 0.6) is 0 Å². The first-order valence-corrected chi connectivity index (χ1v) is 15.1. The van der Waals surface area contributed by atoms with Gasteiger partial charge in [0.05, 0.1) is 11.7 Å². The van der Waals surface area contributed by atoms with Crippen molar-refractivity contribution in [2.24, 2.45) is 50.7 Å².